The Balaban J connectivity index is 2.28. The minimum absolute atomic E-state index is 0.0473. The van der Waals surface area contributed by atoms with E-state index in [2.05, 4.69) is 15.3 Å². The van der Waals surface area contributed by atoms with Crippen LogP contribution in [0.25, 0.3) is 0 Å². The average Bonchev–Trinajstić information content (AvgIpc) is 2.63. The number of fused-ring (bicyclic) bond motifs is 1. The van der Waals surface area contributed by atoms with E-state index in [1.54, 1.807) is 11.8 Å². The summed E-state index contributed by atoms with van der Waals surface area (Å²) in [6.07, 6.45) is 0.781. The fourth-order valence-corrected chi connectivity index (χ4v) is 2.51. The molecule has 4 nitrogen and oxygen atoms in total. The molecule has 1 aromatic heterocycles. The lowest BCUT2D eigenvalue weighted by molar-refractivity contribution is 0.745. The zero-order valence-corrected chi connectivity index (χ0v) is 8.91. The normalized spacial score (nSPS) is 14.4. The minimum atomic E-state index is 0.0473. The molecule has 2 N–H and O–H groups in total. The van der Waals surface area contributed by atoms with Crippen molar-refractivity contribution >= 4 is 11.8 Å². The molecular formula is C9H13N3OS. The monoisotopic (exact) mass is 211 g/mol. The summed E-state index contributed by atoms with van der Waals surface area (Å²) in [5.74, 6) is 2.49. The van der Waals surface area contributed by atoms with Crippen LogP contribution < -0.4 is 10.9 Å². The Kier molecular flexibility index (Phi) is 2.88. The van der Waals surface area contributed by atoms with Crippen molar-refractivity contribution in [2.75, 3.05) is 13.6 Å². The number of aromatic amines is 1. The Hall–Kier alpha value is -0.810. The van der Waals surface area contributed by atoms with E-state index in [4.69, 9.17) is 0 Å². The summed E-state index contributed by atoms with van der Waals surface area (Å²) in [7, 11) is 1.89. The van der Waals surface area contributed by atoms with E-state index in [9.17, 15) is 4.79 Å². The molecule has 0 unspecified atom stereocenters. The first kappa shape index (κ1) is 9.73. The molecule has 0 saturated carbocycles. The van der Waals surface area contributed by atoms with Gasteiger partial charge in [0.05, 0.1) is 5.69 Å². The van der Waals surface area contributed by atoms with Crippen LogP contribution in [-0.2, 0) is 17.9 Å². The Morgan fingerprint density at radius 3 is 3.21 bits per heavy atom. The van der Waals surface area contributed by atoms with Gasteiger partial charge in [-0.15, -0.1) is 0 Å². The van der Waals surface area contributed by atoms with Gasteiger partial charge in [0.25, 0.3) is 5.56 Å². The molecule has 0 aromatic carbocycles. The Morgan fingerprint density at radius 2 is 2.43 bits per heavy atom. The predicted molar refractivity (Wildman–Crippen MR) is 57.5 cm³/mol. The van der Waals surface area contributed by atoms with E-state index in [1.165, 1.54) is 0 Å². The molecule has 0 saturated heterocycles. The first-order valence-corrected chi connectivity index (χ1v) is 5.80. The maximum atomic E-state index is 11.6. The van der Waals surface area contributed by atoms with Gasteiger partial charge in [-0.05, 0) is 7.05 Å². The highest BCUT2D eigenvalue weighted by Crippen LogP contribution is 2.24. The third-order valence-corrected chi connectivity index (χ3v) is 3.22. The third kappa shape index (κ3) is 1.83. The number of rotatable bonds is 3. The molecule has 0 atom stereocenters. The van der Waals surface area contributed by atoms with Crippen molar-refractivity contribution in [2.45, 2.75) is 17.9 Å². The summed E-state index contributed by atoms with van der Waals surface area (Å²) in [6.45, 7) is 0.842. The Labute approximate surface area is 86.5 Å². The quantitative estimate of drug-likeness (QED) is 0.754. The Morgan fingerprint density at radius 1 is 1.57 bits per heavy atom. The van der Waals surface area contributed by atoms with Gasteiger partial charge in [0.1, 0.15) is 5.82 Å². The molecule has 1 aromatic rings. The number of nitrogens with zero attached hydrogens (tertiary/aromatic N) is 1. The molecule has 5 heteroatoms. The van der Waals surface area contributed by atoms with Gasteiger partial charge in [0.15, 0.2) is 0 Å². The maximum Gasteiger partial charge on any atom is 0.255 e. The van der Waals surface area contributed by atoms with Crippen LogP contribution >= 0.6 is 11.8 Å². The van der Waals surface area contributed by atoms with Crippen molar-refractivity contribution < 1.29 is 0 Å². The number of thioether (sulfide) groups is 1. The lowest BCUT2D eigenvalue weighted by Gasteiger charge is -2.02. The number of aromatic nitrogens is 2. The SMILES string of the molecule is CNCCc1nc2c(c(=O)[nH]1)CSC2. The van der Waals surface area contributed by atoms with E-state index in [1.807, 2.05) is 7.05 Å². The summed E-state index contributed by atoms with van der Waals surface area (Å²) in [4.78, 5) is 18.8. The second kappa shape index (κ2) is 4.14. The van der Waals surface area contributed by atoms with Crippen molar-refractivity contribution in [3.8, 4) is 0 Å². The second-order valence-electron chi connectivity index (χ2n) is 3.28. The lowest BCUT2D eigenvalue weighted by atomic mass is 10.2. The van der Waals surface area contributed by atoms with Gasteiger partial charge in [-0.3, -0.25) is 4.79 Å². The van der Waals surface area contributed by atoms with E-state index in [0.717, 1.165) is 41.6 Å². The van der Waals surface area contributed by atoms with Gasteiger partial charge >= 0.3 is 0 Å². The van der Waals surface area contributed by atoms with Crippen molar-refractivity contribution in [1.29, 1.82) is 0 Å². The van der Waals surface area contributed by atoms with Crippen molar-refractivity contribution in [1.82, 2.24) is 15.3 Å². The molecule has 2 heterocycles. The molecule has 0 aliphatic carbocycles. The molecule has 1 aliphatic rings. The molecule has 0 amide bonds. The maximum absolute atomic E-state index is 11.6. The van der Waals surface area contributed by atoms with Crippen molar-refractivity contribution in [3.63, 3.8) is 0 Å². The van der Waals surface area contributed by atoms with E-state index >= 15 is 0 Å². The fourth-order valence-electron chi connectivity index (χ4n) is 1.48. The summed E-state index contributed by atoms with van der Waals surface area (Å²) in [6, 6.07) is 0. The second-order valence-corrected chi connectivity index (χ2v) is 4.27. The lowest BCUT2D eigenvalue weighted by Crippen LogP contribution is -2.20. The molecule has 0 spiro atoms. The van der Waals surface area contributed by atoms with Crippen LogP contribution in [0, 0.1) is 0 Å². The van der Waals surface area contributed by atoms with E-state index < -0.39 is 0 Å². The molecule has 2 rings (SSSR count). The zero-order valence-electron chi connectivity index (χ0n) is 8.09. The number of likely N-dealkylation sites (N-methyl/N-ethyl adjacent to an activating group) is 1. The van der Waals surface area contributed by atoms with E-state index in [-0.39, 0.29) is 5.56 Å². The van der Waals surface area contributed by atoms with Crippen molar-refractivity contribution in [3.05, 3.63) is 27.4 Å². The van der Waals surface area contributed by atoms with Crippen LogP contribution in [0.2, 0.25) is 0 Å². The largest absolute Gasteiger partial charge is 0.319 e. The predicted octanol–water partition coefficient (Wildman–Crippen LogP) is 0.279. The smallest absolute Gasteiger partial charge is 0.255 e. The molecule has 0 bridgehead atoms. The van der Waals surface area contributed by atoms with Crippen LogP contribution in [0.5, 0.6) is 0 Å². The zero-order chi connectivity index (χ0) is 9.97. The first-order valence-electron chi connectivity index (χ1n) is 4.64. The molecular weight excluding hydrogens is 198 g/mol. The van der Waals surface area contributed by atoms with Gasteiger partial charge in [0.2, 0.25) is 0 Å². The van der Waals surface area contributed by atoms with Crippen LogP contribution in [0.3, 0.4) is 0 Å². The van der Waals surface area contributed by atoms with Crippen LogP contribution in [0.1, 0.15) is 17.1 Å². The van der Waals surface area contributed by atoms with Crippen LogP contribution in [-0.4, -0.2) is 23.6 Å². The third-order valence-electron chi connectivity index (χ3n) is 2.25. The highest BCUT2D eigenvalue weighted by atomic mass is 32.2. The van der Waals surface area contributed by atoms with Crippen LogP contribution in [0.4, 0.5) is 0 Å². The number of H-pyrrole nitrogens is 1. The van der Waals surface area contributed by atoms with E-state index in [0.29, 0.717) is 0 Å². The number of hydrogen-bond donors (Lipinski definition) is 2. The summed E-state index contributed by atoms with van der Waals surface area (Å²) in [5.41, 5.74) is 1.89. The van der Waals surface area contributed by atoms with Gasteiger partial charge in [-0.1, -0.05) is 0 Å². The molecule has 0 radical (unpaired) electrons. The fraction of sp³-hybridized carbons (Fsp3) is 0.556. The minimum Gasteiger partial charge on any atom is -0.319 e. The highest BCUT2D eigenvalue weighted by Gasteiger charge is 2.16. The van der Waals surface area contributed by atoms with Crippen molar-refractivity contribution in [2.24, 2.45) is 0 Å². The Bertz CT molecular complexity index is 388. The highest BCUT2D eigenvalue weighted by molar-refractivity contribution is 7.98. The summed E-state index contributed by atoms with van der Waals surface area (Å²) < 4.78 is 0. The molecule has 14 heavy (non-hydrogen) atoms. The van der Waals surface area contributed by atoms with Gasteiger partial charge in [-0.25, -0.2) is 4.98 Å². The number of hydrogen-bond acceptors (Lipinski definition) is 4. The van der Waals surface area contributed by atoms with Gasteiger partial charge in [0, 0.05) is 30.0 Å². The topological polar surface area (TPSA) is 57.8 Å². The van der Waals surface area contributed by atoms with Gasteiger partial charge in [-0.2, -0.15) is 11.8 Å². The standard InChI is InChI=1S/C9H13N3OS/c1-10-3-2-8-11-7-5-14-4-6(7)9(13)12-8/h10H,2-5H2,1H3,(H,11,12,13). The molecule has 1 aliphatic heterocycles. The van der Waals surface area contributed by atoms with Crippen LogP contribution in [0.15, 0.2) is 4.79 Å². The molecule has 0 fully saturated rings. The first-order chi connectivity index (χ1) is 6.81. The molecule has 76 valence electrons. The van der Waals surface area contributed by atoms with Gasteiger partial charge < -0.3 is 10.3 Å². The summed E-state index contributed by atoms with van der Waals surface area (Å²) >= 11 is 1.75. The number of nitrogens with one attached hydrogen (secondary N) is 2. The average molecular weight is 211 g/mol. The summed E-state index contributed by atoms with van der Waals surface area (Å²) in [5, 5.41) is 3.04.